The van der Waals surface area contributed by atoms with Gasteiger partial charge in [0.1, 0.15) is 6.54 Å². The van der Waals surface area contributed by atoms with Crippen LogP contribution in [0.4, 0.5) is 23.7 Å². The highest BCUT2D eigenvalue weighted by Gasteiger charge is 2.39. The SMILES string of the molecule is CCc1cc(NC(=O)c2ncc(-c3cn(CC#N)nc3C(F)(F)F)n2C)ccc1C(=O)N1CCN(C(=O)N2CCC(CN)C2)CC1. The number of piperazine rings is 1. The molecular weight excluding hydrogens is 605 g/mol. The number of carbonyl (C=O) groups excluding carboxylic acids is 3. The maximum Gasteiger partial charge on any atom is 0.435 e. The lowest BCUT2D eigenvalue weighted by atomic mass is 10.0. The van der Waals surface area contributed by atoms with Crippen molar-refractivity contribution in [3.05, 3.63) is 53.2 Å². The molecule has 13 nitrogen and oxygen atoms in total. The first-order valence-corrected chi connectivity index (χ1v) is 15.0. The van der Waals surface area contributed by atoms with E-state index < -0.39 is 17.8 Å². The average Bonchev–Trinajstić information content (AvgIpc) is 3.79. The number of likely N-dealkylation sites (tertiary alicyclic amines) is 1. The van der Waals surface area contributed by atoms with Crippen LogP contribution >= 0.6 is 0 Å². The van der Waals surface area contributed by atoms with Crippen molar-refractivity contribution < 1.29 is 27.6 Å². The highest BCUT2D eigenvalue weighted by atomic mass is 19.4. The number of benzene rings is 1. The van der Waals surface area contributed by atoms with E-state index in [9.17, 15) is 27.6 Å². The van der Waals surface area contributed by atoms with Crippen LogP contribution < -0.4 is 11.1 Å². The molecule has 5 rings (SSSR count). The minimum Gasteiger partial charge on any atom is -0.335 e. The van der Waals surface area contributed by atoms with Crippen LogP contribution in [0.15, 0.2) is 30.6 Å². The van der Waals surface area contributed by atoms with Crippen LogP contribution in [0.2, 0.25) is 0 Å². The number of halogens is 3. The predicted molar refractivity (Wildman–Crippen MR) is 160 cm³/mol. The molecule has 2 aromatic heterocycles. The summed E-state index contributed by atoms with van der Waals surface area (Å²) in [6.07, 6.45) is -1.14. The number of nitrogens with zero attached hydrogens (tertiary/aromatic N) is 8. The Hall–Kier alpha value is -4.91. The van der Waals surface area contributed by atoms with Gasteiger partial charge in [0.05, 0.1) is 23.5 Å². The number of hydrogen-bond donors (Lipinski definition) is 2. The number of hydrogen-bond acceptors (Lipinski definition) is 7. The van der Waals surface area contributed by atoms with E-state index in [0.29, 0.717) is 75.0 Å². The van der Waals surface area contributed by atoms with Crippen molar-refractivity contribution in [1.82, 2.24) is 34.0 Å². The van der Waals surface area contributed by atoms with E-state index in [0.717, 1.165) is 23.5 Å². The third-order valence-electron chi connectivity index (χ3n) is 8.43. The number of imidazole rings is 1. The Kier molecular flexibility index (Phi) is 9.33. The minimum absolute atomic E-state index is 0.00108. The molecule has 1 unspecified atom stereocenters. The summed E-state index contributed by atoms with van der Waals surface area (Å²) in [4.78, 5) is 48.9. The Morgan fingerprint density at radius 1 is 1.11 bits per heavy atom. The summed E-state index contributed by atoms with van der Waals surface area (Å²) in [5.41, 5.74) is 5.83. The normalized spacial score (nSPS) is 16.9. The zero-order valence-corrected chi connectivity index (χ0v) is 25.5. The molecule has 4 heterocycles. The van der Waals surface area contributed by atoms with E-state index in [1.807, 2.05) is 11.8 Å². The van der Waals surface area contributed by atoms with Gasteiger partial charge in [0.2, 0.25) is 0 Å². The van der Waals surface area contributed by atoms with E-state index >= 15 is 0 Å². The smallest absolute Gasteiger partial charge is 0.335 e. The van der Waals surface area contributed by atoms with Crippen LogP contribution in [-0.2, 0) is 26.2 Å². The summed E-state index contributed by atoms with van der Waals surface area (Å²) in [7, 11) is 1.41. The molecule has 1 aromatic carbocycles. The van der Waals surface area contributed by atoms with Crippen LogP contribution in [0.5, 0.6) is 0 Å². The standard InChI is InChI=1S/C30H35F3N10O3/c1-3-20-14-21(4-5-22(20)28(45)40-10-12-41(13-11-40)29(46)42-8-6-19(15-35)17-42)37-27(44)26-36-16-24(39(26)2)23-18-43(9-7-34)38-25(23)30(31,32)33/h4-5,14,16,18-19H,3,6,8-13,15,17,35H2,1-2H3,(H,37,44). The third kappa shape index (κ3) is 6.54. The second-order valence-electron chi connectivity index (χ2n) is 11.3. The van der Waals surface area contributed by atoms with Gasteiger partial charge in [-0.3, -0.25) is 14.3 Å². The molecule has 0 aliphatic carbocycles. The zero-order chi connectivity index (χ0) is 33.2. The Labute approximate surface area is 263 Å². The average molecular weight is 641 g/mol. The van der Waals surface area contributed by atoms with Crippen molar-refractivity contribution in [2.45, 2.75) is 32.5 Å². The Morgan fingerprint density at radius 3 is 2.46 bits per heavy atom. The molecule has 0 spiro atoms. The van der Waals surface area contributed by atoms with Gasteiger partial charge in [-0.25, -0.2) is 9.78 Å². The highest BCUT2D eigenvalue weighted by molar-refractivity contribution is 6.03. The first-order chi connectivity index (χ1) is 21.9. The van der Waals surface area contributed by atoms with E-state index in [2.05, 4.69) is 15.4 Å². The molecule has 244 valence electrons. The first-order valence-electron chi connectivity index (χ1n) is 15.0. The molecule has 4 amide bonds. The second kappa shape index (κ2) is 13.2. The molecule has 2 saturated heterocycles. The topological polar surface area (TPSA) is 158 Å². The lowest BCUT2D eigenvalue weighted by molar-refractivity contribution is -0.141. The summed E-state index contributed by atoms with van der Waals surface area (Å²) in [6.45, 7) is 5.07. The summed E-state index contributed by atoms with van der Waals surface area (Å²) in [5, 5.41) is 15.1. The van der Waals surface area contributed by atoms with E-state index in [-0.39, 0.29) is 35.6 Å². The summed E-state index contributed by atoms with van der Waals surface area (Å²) < 4.78 is 43.1. The molecule has 2 aliphatic heterocycles. The third-order valence-corrected chi connectivity index (χ3v) is 8.43. The number of alkyl halides is 3. The number of carbonyl (C=O) groups is 3. The van der Waals surface area contributed by atoms with Gasteiger partial charge in [-0.05, 0) is 49.1 Å². The Morgan fingerprint density at radius 2 is 1.83 bits per heavy atom. The van der Waals surface area contributed by atoms with Crippen molar-refractivity contribution in [3.63, 3.8) is 0 Å². The van der Waals surface area contributed by atoms with Crippen LogP contribution in [0.25, 0.3) is 11.3 Å². The molecule has 2 fully saturated rings. The van der Waals surface area contributed by atoms with E-state index in [1.165, 1.54) is 11.6 Å². The van der Waals surface area contributed by atoms with Gasteiger partial charge in [-0.1, -0.05) is 6.92 Å². The highest BCUT2D eigenvalue weighted by Crippen LogP contribution is 2.36. The number of anilines is 1. The first kappa shape index (κ1) is 32.5. The summed E-state index contributed by atoms with van der Waals surface area (Å²) >= 11 is 0. The summed E-state index contributed by atoms with van der Waals surface area (Å²) in [6, 6.07) is 6.64. The molecule has 0 saturated carbocycles. The van der Waals surface area contributed by atoms with Crippen molar-refractivity contribution in [3.8, 4) is 17.3 Å². The number of aromatic nitrogens is 4. The quantitative estimate of drug-likeness (QED) is 0.402. The monoisotopic (exact) mass is 640 g/mol. The number of nitrogens with one attached hydrogen (secondary N) is 1. The lowest BCUT2D eigenvalue weighted by Crippen LogP contribution is -2.53. The van der Waals surface area contributed by atoms with Gasteiger partial charge in [0.15, 0.2) is 11.5 Å². The van der Waals surface area contributed by atoms with Crippen LogP contribution in [-0.4, -0.2) is 97.7 Å². The van der Waals surface area contributed by atoms with E-state index in [4.69, 9.17) is 11.0 Å². The van der Waals surface area contributed by atoms with Gasteiger partial charge in [-0.2, -0.15) is 23.5 Å². The largest absolute Gasteiger partial charge is 0.435 e. The number of rotatable bonds is 7. The van der Waals surface area contributed by atoms with Crippen molar-refractivity contribution in [2.24, 2.45) is 18.7 Å². The predicted octanol–water partition coefficient (Wildman–Crippen LogP) is 2.80. The van der Waals surface area contributed by atoms with Crippen LogP contribution in [0.3, 0.4) is 0 Å². The fraction of sp³-hybridized carbons (Fsp3) is 0.467. The van der Waals surface area contributed by atoms with Gasteiger partial charge in [-0.15, -0.1) is 0 Å². The molecule has 0 radical (unpaired) electrons. The Bertz CT molecular complexity index is 1670. The maximum absolute atomic E-state index is 13.7. The second-order valence-corrected chi connectivity index (χ2v) is 11.3. The molecule has 0 bridgehead atoms. The fourth-order valence-corrected chi connectivity index (χ4v) is 5.87. The fourth-order valence-electron chi connectivity index (χ4n) is 5.87. The van der Waals surface area contributed by atoms with Gasteiger partial charge in [0.25, 0.3) is 11.8 Å². The number of nitriles is 1. The van der Waals surface area contributed by atoms with Crippen molar-refractivity contribution in [2.75, 3.05) is 51.1 Å². The molecule has 16 heteroatoms. The van der Waals surface area contributed by atoms with Crippen molar-refractivity contribution in [1.29, 1.82) is 5.26 Å². The summed E-state index contributed by atoms with van der Waals surface area (Å²) in [5.74, 6) is -0.650. The molecule has 3 N–H and O–H groups in total. The van der Waals surface area contributed by atoms with Gasteiger partial charge >= 0.3 is 12.2 Å². The number of nitrogens with two attached hydrogens (primary N) is 1. The zero-order valence-electron chi connectivity index (χ0n) is 25.5. The van der Waals surface area contributed by atoms with Crippen molar-refractivity contribution >= 4 is 23.5 Å². The van der Waals surface area contributed by atoms with E-state index in [1.54, 1.807) is 34.1 Å². The molecule has 46 heavy (non-hydrogen) atoms. The van der Waals surface area contributed by atoms with Crippen LogP contribution in [0, 0.1) is 17.2 Å². The Balaban J connectivity index is 1.25. The molecule has 3 aromatic rings. The lowest BCUT2D eigenvalue weighted by Gasteiger charge is -2.37. The number of aryl methyl sites for hydroxylation is 1. The number of urea groups is 1. The minimum atomic E-state index is -4.79. The molecule has 1 atom stereocenters. The molecular formula is C30H35F3N10O3. The molecule has 2 aliphatic rings. The van der Waals surface area contributed by atoms with Gasteiger partial charge < -0.3 is 30.3 Å². The van der Waals surface area contributed by atoms with Crippen LogP contribution in [0.1, 0.15) is 45.6 Å². The van der Waals surface area contributed by atoms with Gasteiger partial charge in [0, 0.05) is 63.8 Å². The number of amides is 4. The maximum atomic E-state index is 13.7.